The van der Waals surface area contributed by atoms with Crippen molar-refractivity contribution in [1.82, 2.24) is 5.32 Å². The van der Waals surface area contributed by atoms with Crippen molar-refractivity contribution >= 4 is 28.2 Å². The molecule has 7 nitrogen and oxygen atoms in total. The molecule has 0 saturated carbocycles. The fourth-order valence-electron chi connectivity index (χ4n) is 3.69. The highest BCUT2D eigenvalue weighted by atomic mass is 32.1. The summed E-state index contributed by atoms with van der Waals surface area (Å²) in [7, 11) is 0. The number of carbonyl (C=O) groups excluding carboxylic acids is 2. The van der Waals surface area contributed by atoms with Crippen molar-refractivity contribution in [1.29, 1.82) is 0 Å². The van der Waals surface area contributed by atoms with E-state index in [4.69, 9.17) is 14.2 Å². The number of amides is 1. The molecule has 0 aromatic carbocycles. The van der Waals surface area contributed by atoms with Crippen LogP contribution in [0.25, 0.3) is 0 Å². The van der Waals surface area contributed by atoms with E-state index in [-0.39, 0.29) is 23.4 Å². The molecule has 0 radical (unpaired) electrons. The molecule has 0 atom stereocenters. The lowest BCUT2D eigenvalue weighted by Gasteiger charge is -2.42. The Labute approximate surface area is 163 Å². The highest BCUT2D eigenvalue weighted by Crippen LogP contribution is 2.45. The van der Waals surface area contributed by atoms with Crippen LogP contribution in [0.3, 0.4) is 0 Å². The summed E-state index contributed by atoms with van der Waals surface area (Å²) in [6, 6.07) is 0. The van der Waals surface area contributed by atoms with Gasteiger partial charge in [0.05, 0.1) is 12.2 Å². The predicted molar refractivity (Wildman–Crippen MR) is 103 cm³/mol. The first kappa shape index (κ1) is 19.7. The molecule has 0 unspecified atom stereocenters. The molecule has 0 saturated heterocycles. The molecule has 2 aliphatic rings. The summed E-state index contributed by atoms with van der Waals surface area (Å²) >= 11 is 1.40. The number of hydrogen-bond donors (Lipinski definition) is 2. The van der Waals surface area contributed by atoms with E-state index < -0.39 is 11.9 Å². The minimum atomic E-state index is -0.441. The lowest BCUT2D eigenvalue weighted by molar-refractivity contribution is -0.117. The van der Waals surface area contributed by atoms with Crippen LogP contribution < -0.4 is 10.6 Å². The zero-order valence-electron chi connectivity index (χ0n) is 16.4. The van der Waals surface area contributed by atoms with Crippen molar-refractivity contribution in [3.63, 3.8) is 0 Å². The summed E-state index contributed by atoms with van der Waals surface area (Å²) in [5, 5.41) is 6.90. The van der Waals surface area contributed by atoms with E-state index in [2.05, 4.69) is 38.3 Å². The maximum Gasteiger partial charge on any atom is 0.341 e. The number of ether oxygens (including phenoxy) is 3. The third-order valence-electron chi connectivity index (χ3n) is 4.42. The Hall–Kier alpha value is -2.06. The number of carbonyl (C=O) groups is 2. The first-order valence-corrected chi connectivity index (χ1v) is 9.85. The van der Waals surface area contributed by atoms with Crippen LogP contribution in [0.15, 0.2) is 12.0 Å². The van der Waals surface area contributed by atoms with Crippen molar-refractivity contribution in [2.24, 2.45) is 0 Å². The van der Waals surface area contributed by atoms with Gasteiger partial charge < -0.3 is 24.8 Å². The Balaban J connectivity index is 2.03. The van der Waals surface area contributed by atoms with Crippen LogP contribution in [0.4, 0.5) is 5.00 Å². The van der Waals surface area contributed by atoms with Gasteiger partial charge in [-0.15, -0.1) is 11.3 Å². The second-order valence-corrected chi connectivity index (χ2v) is 8.82. The fourth-order valence-corrected chi connectivity index (χ4v) is 4.95. The molecule has 27 heavy (non-hydrogen) atoms. The lowest BCUT2D eigenvalue weighted by atomic mass is 9.81. The van der Waals surface area contributed by atoms with E-state index >= 15 is 0 Å². The van der Waals surface area contributed by atoms with Crippen LogP contribution in [-0.4, -0.2) is 37.2 Å². The minimum absolute atomic E-state index is 0.0974. The molecular weight excluding hydrogens is 368 g/mol. The van der Waals surface area contributed by atoms with Crippen molar-refractivity contribution < 1.29 is 23.8 Å². The summed E-state index contributed by atoms with van der Waals surface area (Å²) in [4.78, 5) is 26.3. The van der Waals surface area contributed by atoms with Crippen LogP contribution in [0, 0.1) is 0 Å². The van der Waals surface area contributed by atoms with Gasteiger partial charge in [-0.05, 0) is 46.6 Å². The van der Waals surface area contributed by atoms with Crippen molar-refractivity contribution in [2.45, 2.75) is 52.1 Å². The standard InChI is InChI=1S/C19H26N2O5S/c1-6-25-17(23)13-11-9-18(2,3)21-19(4,5)14(11)27-16(13)20-15(22)12-10-24-7-8-26-12/h10,21H,6-9H2,1-5H3,(H,20,22). The molecule has 1 aromatic heterocycles. The maximum atomic E-state index is 12.7. The fraction of sp³-hybridized carbons (Fsp3) is 0.579. The number of esters is 1. The summed E-state index contributed by atoms with van der Waals surface area (Å²) < 4.78 is 15.8. The van der Waals surface area contributed by atoms with E-state index in [0.29, 0.717) is 30.2 Å². The third-order valence-corrected chi connectivity index (χ3v) is 5.89. The average Bonchev–Trinajstić information content (AvgIpc) is 2.92. The highest BCUT2D eigenvalue weighted by molar-refractivity contribution is 7.17. The molecule has 8 heteroatoms. The number of anilines is 1. The van der Waals surface area contributed by atoms with Crippen LogP contribution in [0.1, 0.15) is 55.4 Å². The van der Waals surface area contributed by atoms with Gasteiger partial charge in [0.25, 0.3) is 5.91 Å². The molecule has 0 spiro atoms. The molecule has 2 aliphatic heterocycles. The SMILES string of the molecule is CCOC(=O)c1c(NC(=O)C2=COCCO2)sc2c1CC(C)(C)NC2(C)C. The van der Waals surface area contributed by atoms with Gasteiger partial charge in [-0.25, -0.2) is 4.79 Å². The first-order valence-electron chi connectivity index (χ1n) is 9.03. The van der Waals surface area contributed by atoms with Gasteiger partial charge in [-0.1, -0.05) is 0 Å². The largest absolute Gasteiger partial charge is 0.494 e. The van der Waals surface area contributed by atoms with E-state index in [1.165, 1.54) is 17.6 Å². The molecular formula is C19H26N2O5S. The third kappa shape index (κ3) is 3.96. The number of rotatable bonds is 4. The Morgan fingerprint density at radius 3 is 2.67 bits per heavy atom. The first-order chi connectivity index (χ1) is 12.6. The van der Waals surface area contributed by atoms with E-state index in [1.54, 1.807) is 6.92 Å². The van der Waals surface area contributed by atoms with Crippen LogP contribution in [0.2, 0.25) is 0 Å². The zero-order chi connectivity index (χ0) is 19.8. The van der Waals surface area contributed by atoms with E-state index in [0.717, 1.165) is 10.4 Å². The molecule has 3 heterocycles. The number of nitrogens with one attached hydrogen (secondary N) is 2. The summed E-state index contributed by atoms with van der Waals surface area (Å²) in [6.07, 6.45) is 1.96. The zero-order valence-corrected chi connectivity index (χ0v) is 17.2. The second kappa shape index (κ2) is 7.16. The number of fused-ring (bicyclic) bond motifs is 1. The van der Waals surface area contributed by atoms with Gasteiger partial charge in [0.1, 0.15) is 24.5 Å². The van der Waals surface area contributed by atoms with Crippen molar-refractivity contribution in [2.75, 3.05) is 25.1 Å². The predicted octanol–water partition coefficient (Wildman–Crippen LogP) is 2.91. The molecule has 1 aromatic rings. The van der Waals surface area contributed by atoms with E-state index in [1.807, 2.05) is 0 Å². The van der Waals surface area contributed by atoms with Crippen LogP contribution in [0.5, 0.6) is 0 Å². The Bertz CT molecular complexity index is 794. The summed E-state index contributed by atoms with van der Waals surface area (Å²) in [6.45, 7) is 11.1. The van der Waals surface area contributed by atoms with Gasteiger partial charge in [0.15, 0.2) is 0 Å². The highest BCUT2D eigenvalue weighted by Gasteiger charge is 2.42. The Morgan fingerprint density at radius 2 is 2.04 bits per heavy atom. The van der Waals surface area contributed by atoms with Crippen LogP contribution in [-0.2, 0) is 31.0 Å². The molecule has 1 amide bonds. The normalized spacial score (nSPS) is 19.8. The average molecular weight is 394 g/mol. The molecule has 0 aliphatic carbocycles. The van der Waals surface area contributed by atoms with Gasteiger partial charge in [-0.2, -0.15) is 0 Å². The molecule has 0 bridgehead atoms. The molecule has 0 fully saturated rings. The van der Waals surface area contributed by atoms with Crippen LogP contribution >= 0.6 is 11.3 Å². The topological polar surface area (TPSA) is 85.9 Å². The number of hydrogen-bond acceptors (Lipinski definition) is 7. The van der Waals surface area contributed by atoms with Crippen molar-refractivity contribution in [3.05, 3.63) is 28.0 Å². The quantitative estimate of drug-likeness (QED) is 0.764. The van der Waals surface area contributed by atoms with E-state index in [9.17, 15) is 9.59 Å². The molecule has 3 rings (SSSR count). The Morgan fingerprint density at radius 1 is 1.30 bits per heavy atom. The van der Waals surface area contributed by atoms with Gasteiger partial charge in [0.2, 0.25) is 5.76 Å². The smallest absolute Gasteiger partial charge is 0.341 e. The Kier molecular flexibility index (Phi) is 5.22. The van der Waals surface area contributed by atoms with Gasteiger partial charge in [-0.3, -0.25) is 4.79 Å². The monoisotopic (exact) mass is 394 g/mol. The van der Waals surface area contributed by atoms with Gasteiger partial charge in [0, 0.05) is 16.0 Å². The summed E-state index contributed by atoms with van der Waals surface area (Å²) in [5.74, 6) is -0.766. The van der Waals surface area contributed by atoms with Gasteiger partial charge >= 0.3 is 5.97 Å². The maximum absolute atomic E-state index is 12.7. The summed E-state index contributed by atoms with van der Waals surface area (Å²) in [5.41, 5.74) is 0.834. The van der Waals surface area contributed by atoms with Crippen molar-refractivity contribution in [3.8, 4) is 0 Å². The second-order valence-electron chi connectivity index (χ2n) is 7.80. The lowest BCUT2D eigenvalue weighted by Crippen LogP contribution is -2.55. The molecule has 2 N–H and O–H groups in total. The number of thiophene rings is 1. The molecule has 148 valence electrons. The minimum Gasteiger partial charge on any atom is -0.494 e.